The van der Waals surface area contributed by atoms with E-state index in [1.165, 1.54) is 29.5 Å². The first-order valence-electron chi connectivity index (χ1n) is 6.14. The normalized spacial score (nSPS) is 11.6. The van der Waals surface area contributed by atoms with Crippen LogP contribution in [-0.2, 0) is 0 Å². The molecule has 2 aromatic heterocycles. The number of imidazole rings is 1. The van der Waals surface area contributed by atoms with Crippen molar-refractivity contribution in [2.45, 2.75) is 0 Å². The molecule has 4 aromatic rings. The zero-order valence-electron chi connectivity index (χ0n) is 10.5. The molecule has 2 aromatic carbocycles. The second-order valence-corrected chi connectivity index (χ2v) is 6.60. The van der Waals surface area contributed by atoms with E-state index in [-0.39, 0.29) is 11.6 Å². The number of nitrogens with zero attached hydrogens (tertiary/aromatic N) is 1. The fourth-order valence-electron chi connectivity index (χ4n) is 2.24. The van der Waals surface area contributed by atoms with Crippen LogP contribution in [0.15, 0.2) is 40.9 Å². The van der Waals surface area contributed by atoms with Crippen LogP contribution in [0.3, 0.4) is 0 Å². The largest absolute Gasteiger partial charge is 0.337 e. The molecule has 6 heteroatoms. The second-order valence-electron chi connectivity index (χ2n) is 4.66. The second kappa shape index (κ2) is 4.61. The molecule has 0 saturated carbocycles. The molecule has 21 heavy (non-hydrogen) atoms. The van der Waals surface area contributed by atoms with Gasteiger partial charge in [-0.2, -0.15) is 0 Å². The van der Waals surface area contributed by atoms with Gasteiger partial charge in [0.2, 0.25) is 0 Å². The average Bonchev–Trinajstić information content (AvgIpc) is 3.02. The molecule has 0 aliphatic rings. The molecule has 2 nitrogen and oxygen atoms in total. The highest BCUT2D eigenvalue weighted by atomic mass is 79.9. The molecule has 0 aliphatic carbocycles. The minimum atomic E-state index is -0.337. The Labute approximate surface area is 130 Å². The third kappa shape index (κ3) is 2.15. The van der Waals surface area contributed by atoms with Gasteiger partial charge >= 0.3 is 0 Å². The number of thiophene rings is 1. The highest BCUT2D eigenvalue weighted by Crippen LogP contribution is 2.34. The maximum absolute atomic E-state index is 13.5. The van der Waals surface area contributed by atoms with Crippen molar-refractivity contribution in [3.8, 4) is 10.7 Å². The Morgan fingerprint density at radius 2 is 1.95 bits per heavy atom. The van der Waals surface area contributed by atoms with E-state index in [0.717, 1.165) is 15.0 Å². The fourth-order valence-corrected chi connectivity index (χ4v) is 3.61. The van der Waals surface area contributed by atoms with Gasteiger partial charge in [-0.05, 0) is 45.6 Å². The maximum atomic E-state index is 13.5. The molecular formula is C15H7BrF2N2S. The van der Waals surface area contributed by atoms with Crippen LogP contribution in [0, 0.1) is 11.6 Å². The molecule has 4 rings (SSSR count). The van der Waals surface area contributed by atoms with Crippen molar-refractivity contribution in [2.24, 2.45) is 0 Å². The molecule has 0 radical (unpaired) electrons. The van der Waals surface area contributed by atoms with Gasteiger partial charge < -0.3 is 4.98 Å². The zero-order chi connectivity index (χ0) is 14.6. The van der Waals surface area contributed by atoms with Crippen molar-refractivity contribution in [3.63, 3.8) is 0 Å². The lowest BCUT2D eigenvalue weighted by Gasteiger charge is -1.92. The van der Waals surface area contributed by atoms with E-state index >= 15 is 0 Å². The van der Waals surface area contributed by atoms with Gasteiger partial charge in [-0.3, -0.25) is 0 Å². The van der Waals surface area contributed by atoms with Gasteiger partial charge in [0.25, 0.3) is 0 Å². The predicted molar refractivity (Wildman–Crippen MR) is 84.5 cm³/mol. The first-order valence-corrected chi connectivity index (χ1v) is 7.75. The summed E-state index contributed by atoms with van der Waals surface area (Å²) in [5.74, 6) is 0.0618. The van der Waals surface area contributed by atoms with Crippen LogP contribution < -0.4 is 0 Å². The zero-order valence-corrected chi connectivity index (χ0v) is 12.9. The van der Waals surface area contributed by atoms with Gasteiger partial charge in [-0.15, -0.1) is 11.3 Å². The first kappa shape index (κ1) is 12.9. The smallest absolute Gasteiger partial charge is 0.148 e. The molecule has 0 bridgehead atoms. The van der Waals surface area contributed by atoms with Crippen LogP contribution in [0.5, 0.6) is 0 Å². The molecule has 0 saturated heterocycles. The average molecular weight is 365 g/mol. The van der Waals surface area contributed by atoms with E-state index in [4.69, 9.17) is 0 Å². The minimum absolute atomic E-state index is 0.258. The summed E-state index contributed by atoms with van der Waals surface area (Å²) in [6, 6.07) is 9.67. The molecule has 0 amide bonds. The third-order valence-electron chi connectivity index (χ3n) is 3.24. The lowest BCUT2D eigenvalue weighted by atomic mass is 10.2. The molecule has 0 fully saturated rings. The van der Waals surface area contributed by atoms with Crippen LogP contribution in [0.1, 0.15) is 0 Å². The number of aromatic nitrogens is 2. The Balaban J connectivity index is 1.91. The van der Waals surface area contributed by atoms with E-state index in [0.29, 0.717) is 21.3 Å². The number of fused-ring (bicyclic) bond motifs is 2. The van der Waals surface area contributed by atoms with E-state index in [1.54, 1.807) is 12.1 Å². The molecule has 2 heterocycles. The summed E-state index contributed by atoms with van der Waals surface area (Å²) in [5.41, 5.74) is 1.32. The molecular weight excluding hydrogens is 358 g/mol. The van der Waals surface area contributed by atoms with Gasteiger partial charge in [0.05, 0.1) is 20.4 Å². The van der Waals surface area contributed by atoms with Crippen LogP contribution in [0.2, 0.25) is 0 Å². The number of halogens is 3. The van der Waals surface area contributed by atoms with E-state index < -0.39 is 0 Å². The van der Waals surface area contributed by atoms with Crippen molar-refractivity contribution in [1.29, 1.82) is 0 Å². The molecule has 104 valence electrons. The van der Waals surface area contributed by atoms with Crippen LogP contribution in [0.4, 0.5) is 8.78 Å². The number of rotatable bonds is 1. The molecule has 0 aliphatic heterocycles. The Morgan fingerprint density at radius 1 is 1.10 bits per heavy atom. The van der Waals surface area contributed by atoms with Crippen molar-refractivity contribution in [3.05, 3.63) is 52.5 Å². The van der Waals surface area contributed by atoms with E-state index in [9.17, 15) is 8.78 Å². The lowest BCUT2D eigenvalue weighted by Crippen LogP contribution is -1.77. The number of nitrogens with one attached hydrogen (secondary N) is 1. The van der Waals surface area contributed by atoms with E-state index in [2.05, 4.69) is 25.9 Å². The van der Waals surface area contributed by atoms with Gasteiger partial charge in [0.15, 0.2) is 0 Å². The van der Waals surface area contributed by atoms with Crippen molar-refractivity contribution >= 4 is 48.4 Å². The number of hydrogen-bond acceptors (Lipinski definition) is 2. The number of aromatic amines is 1. The summed E-state index contributed by atoms with van der Waals surface area (Å²) < 4.78 is 28.0. The van der Waals surface area contributed by atoms with Crippen LogP contribution in [0.25, 0.3) is 31.8 Å². The standard InChI is InChI=1S/C15H7BrF2N2S/c16-9-5-11-12(6-10(9)18)20-15(19-11)14-3-7-1-2-8(17)4-13(7)21-14/h1-6H,(H,19,20). The Kier molecular flexibility index (Phi) is 2.83. The molecule has 0 spiro atoms. The van der Waals surface area contributed by atoms with Gasteiger partial charge in [-0.1, -0.05) is 6.07 Å². The van der Waals surface area contributed by atoms with E-state index in [1.807, 2.05) is 6.07 Å². The Bertz CT molecular complexity index is 951. The number of hydrogen-bond donors (Lipinski definition) is 1. The molecule has 1 N–H and O–H groups in total. The maximum Gasteiger partial charge on any atom is 0.148 e. The first-order chi connectivity index (χ1) is 10.1. The number of benzene rings is 2. The highest BCUT2D eigenvalue weighted by molar-refractivity contribution is 9.10. The summed E-state index contributed by atoms with van der Waals surface area (Å²) in [6.07, 6.45) is 0. The predicted octanol–water partition coefficient (Wildman–Crippen LogP) is 5.49. The summed E-state index contributed by atoms with van der Waals surface area (Å²) in [5, 5.41) is 0.962. The summed E-state index contributed by atoms with van der Waals surface area (Å²) in [7, 11) is 0. The summed E-state index contributed by atoms with van der Waals surface area (Å²) in [6.45, 7) is 0. The minimum Gasteiger partial charge on any atom is -0.337 e. The van der Waals surface area contributed by atoms with Gasteiger partial charge in [-0.25, -0.2) is 13.8 Å². The van der Waals surface area contributed by atoms with Gasteiger partial charge in [0.1, 0.15) is 17.5 Å². The Morgan fingerprint density at radius 3 is 2.81 bits per heavy atom. The van der Waals surface area contributed by atoms with Crippen molar-refractivity contribution in [2.75, 3.05) is 0 Å². The monoisotopic (exact) mass is 364 g/mol. The van der Waals surface area contributed by atoms with Crippen molar-refractivity contribution < 1.29 is 8.78 Å². The highest BCUT2D eigenvalue weighted by Gasteiger charge is 2.11. The summed E-state index contributed by atoms with van der Waals surface area (Å²) in [4.78, 5) is 8.46. The SMILES string of the molecule is Fc1ccc2cc(-c3nc4cc(Br)c(F)cc4[nH]3)sc2c1. The van der Waals surface area contributed by atoms with Gasteiger partial charge in [0, 0.05) is 10.8 Å². The fraction of sp³-hybridized carbons (Fsp3) is 0. The Hall–Kier alpha value is -1.79. The quantitative estimate of drug-likeness (QED) is 0.475. The summed E-state index contributed by atoms with van der Waals surface area (Å²) >= 11 is 4.60. The van der Waals surface area contributed by atoms with Crippen LogP contribution in [-0.4, -0.2) is 9.97 Å². The van der Waals surface area contributed by atoms with Crippen LogP contribution >= 0.6 is 27.3 Å². The number of H-pyrrole nitrogens is 1. The third-order valence-corrected chi connectivity index (χ3v) is 4.95. The molecule has 0 unspecified atom stereocenters. The van der Waals surface area contributed by atoms with Crippen molar-refractivity contribution in [1.82, 2.24) is 9.97 Å². The lowest BCUT2D eigenvalue weighted by molar-refractivity contribution is 0.623. The molecule has 0 atom stereocenters. The topological polar surface area (TPSA) is 28.7 Å².